The number of carbonyl (C=O) groups excluding carboxylic acids is 1. The predicted molar refractivity (Wildman–Crippen MR) is 71.6 cm³/mol. The molecule has 0 aromatic carbocycles. The first-order chi connectivity index (χ1) is 8.47. The zero-order valence-electron chi connectivity index (χ0n) is 11.9. The van der Waals surface area contributed by atoms with Crippen molar-refractivity contribution in [3.8, 4) is 0 Å². The summed E-state index contributed by atoms with van der Waals surface area (Å²) < 4.78 is 5.53. The van der Waals surface area contributed by atoms with Gasteiger partial charge >= 0.3 is 6.09 Å². The normalized spacial score (nSPS) is 29.4. The van der Waals surface area contributed by atoms with Crippen LogP contribution in [0.5, 0.6) is 0 Å². The molecule has 2 rings (SSSR count). The molecule has 4 heteroatoms. The summed E-state index contributed by atoms with van der Waals surface area (Å²) in [7, 11) is 0. The highest BCUT2D eigenvalue weighted by molar-refractivity contribution is 5.68. The first kappa shape index (κ1) is 13.7. The Balaban J connectivity index is 2.03. The predicted octanol–water partition coefficient (Wildman–Crippen LogP) is 2.39. The molecule has 0 aliphatic carbocycles. The molecule has 0 bridgehead atoms. The Morgan fingerprint density at radius 1 is 1.22 bits per heavy atom. The summed E-state index contributed by atoms with van der Waals surface area (Å²) in [6, 6.07) is 0.378. The van der Waals surface area contributed by atoms with Gasteiger partial charge < -0.3 is 15.0 Å². The van der Waals surface area contributed by atoms with Gasteiger partial charge in [0, 0.05) is 12.6 Å². The van der Waals surface area contributed by atoms with Gasteiger partial charge in [0.15, 0.2) is 0 Å². The van der Waals surface area contributed by atoms with Crippen molar-refractivity contribution < 1.29 is 9.53 Å². The zero-order chi connectivity index (χ0) is 13.2. The maximum Gasteiger partial charge on any atom is 0.410 e. The Bertz CT molecular complexity index is 299. The molecule has 0 aromatic heterocycles. The minimum atomic E-state index is -0.396. The topological polar surface area (TPSA) is 41.6 Å². The maximum atomic E-state index is 12.3. The van der Waals surface area contributed by atoms with Crippen molar-refractivity contribution in [1.29, 1.82) is 0 Å². The van der Waals surface area contributed by atoms with E-state index >= 15 is 0 Å². The van der Waals surface area contributed by atoms with E-state index in [1.165, 1.54) is 12.8 Å². The van der Waals surface area contributed by atoms with E-state index in [4.69, 9.17) is 4.74 Å². The van der Waals surface area contributed by atoms with Crippen LogP contribution in [0.1, 0.15) is 46.5 Å². The molecule has 2 aliphatic heterocycles. The number of likely N-dealkylation sites (tertiary alicyclic amines) is 1. The monoisotopic (exact) mass is 254 g/mol. The van der Waals surface area contributed by atoms with Crippen LogP contribution in [0.25, 0.3) is 0 Å². The molecule has 0 aromatic rings. The molecule has 1 amide bonds. The molecule has 104 valence electrons. The first-order valence-corrected chi connectivity index (χ1v) is 7.18. The molecule has 2 fully saturated rings. The average molecular weight is 254 g/mol. The number of carbonyl (C=O) groups is 1. The molecule has 2 atom stereocenters. The lowest BCUT2D eigenvalue weighted by atomic mass is 9.86. The Kier molecular flexibility index (Phi) is 4.15. The van der Waals surface area contributed by atoms with Crippen molar-refractivity contribution in [2.24, 2.45) is 5.92 Å². The van der Waals surface area contributed by atoms with Crippen LogP contribution in [0, 0.1) is 5.92 Å². The van der Waals surface area contributed by atoms with Crippen molar-refractivity contribution in [3.63, 3.8) is 0 Å². The van der Waals surface area contributed by atoms with E-state index in [2.05, 4.69) is 5.32 Å². The van der Waals surface area contributed by atoms with Gasteiger partial charge in [-0.25, -0.2) is 4.79 Å². The van der Waals surface area contributed by atoms with Gasteiger partial charge in [-0.2, -0.15) is 0 Å². The number of rotatable bonds is 0. The molecule has 4 nitrogen and oxygen atoms in total. The van der Waals surface area contributed by atoms with Gasteiger partial charge in [-0.3, -0.25) is 0 Å². The van der Waals surface area contributed by atoms with E-state index in [0.717, 1.165) is 32.5 Å². The lowest BCUT2D eigenvalue weighted by Crippen LogP contribution is -2.50. The maximum absolute atomic E-state index is 12.3. The van der Waals surface area contributed by atoms with Crippen LogP contribution < -0.4 is 5.32 Å². The first-order valence-electron chi connectivity index (χ1n) is 7.18. The molecule has 2 saturated heterocycles. The Morgan fingerprint density at radius 3 is 2.67 bits per heavy atom. The highest BCUT2D eigenvalue weighted by Gasteiger charge is 2.36. The average Bonchev–Trinajstić information content (AvgIpc) is 2.50. The molecule has 1 N–H and O–H groups in total. The van der Waals surface area contributed by atoms with Gasteiger partial charge in [0.2, 0.25) is 0 Å². The van der Waals surface area contributed by atoms with Gasteiger partial charge in [-0.05, 0) is 65.5 Å². The molecule has 2 heterocycles. The second-order valence-electron chi connectivity index (χ2n) is 6.47. The van der Waals surface area contributed by atoms with E-state index in [1.807, 2.05) is 25.7 Å². The molecule has 0 spiro atoms. The second-order valence-corrected chi connectivity index (χ2v) is 6.47. The summed E-state index contributed by atoms with van der Waals surface area (Å²) >= 11 is 0. The number of amides is 1. The van der Waals surface area contributed by atoms with E-state index in [-0.39, 0.29) is 6.09 Å². The fraction of sp³-hybridized carbons (Fsp3) is 0.929. The van der Waals surface area contributed by atoms with E-state index in [0.29, 0.717) is 12.0 Å². The number of piperidine rings is 1. The van der Waals surface area contributed by atoms with Crippen LogP contribution in [0.2, 0.25) is 0 Å². The zero-order valence-corrected chi connectivity index (χ0v) is 11.9. The molecule has 0 saturated carbocycles. The van der Waals surface area contributed by atoms with Crippen LogP contribution >= 0.6 is 0 Å². The van der Waals surface area contributed by atoms with Crippen LogP contribution in [-0.4, -0.2) is 42.3 Å². The number of fused-ring (bicyclic) bond motifs is 1. The summed E-state index contributed by atoms with van der Waals surface area (Å²) in [6.45, 7) is 8.75. The summed E-state index contributed by atoms with van der Waals surface area (Å²) in [6.07, 6.45) is 4.49. The van der Waals surface area contributed by atoms with Crippen LogP contribution in [0.3, 0.4) is 0 Å². The summed E-state index contributed by atoms with van der Waals surface area (Å²) in [5.41, 5.74) is -0.396. The summed E-state index contributed by atoms with van der Waals surface area (Å²) in [5.74, 6) is 0.654. The van der Waals surface area contributed by atoms with Gasteiger partial charge in [0.05, 0.1) is 0 Å². The molecule has 18 heavy (non-hydrogen) atoms. The molecule has 2 unspecified atom stereocenters. The molecular formula is C14H26N2O2. The number of hydrogen-bond acceptors (Lipinski definition) is 3. The Labute approximate surface area is 110 Å². The Morgan fingerprint density at radius 2 is 1.94 bits per heavy atom. The third-order valence-electron chi connectivity index (χ3n) is 3.86. The fourth-order valence-corrected chi connectivity index (χ4v) is 3.07. The minimum absolute atomic E-state index is 0.126. The van der Waals surface area contributed by atoms with Crippen molar-refractivity contribution in [2.75, 3.05) is 19.6 Å². The van der Waals surface area contributed by atoms with Crippen molar-refractivity contribution in [1.82, 2.24) is 10.2 Å². The van der Waals surface area contributed by atoms with Crippen LogP contribution in [-0.2, 0) is 4.74 Å². The van der Waals surface area contributed by atoms with Crippen LogP contribution in [0.15, 0.2) is 0 Å². The summed E-state index contributed by atoms with van der Waals surface area (Å²) in [5, 5.41) is 3.43. The van der Waals surface area contributed by atoms with Crippen LogP contribution in [0.4, 0.5) is 4.79 Å². The third-order valence-corrected chi connectivity index (χ3v) is 3.86. The van der Waals surface area contributed by atoms with Gasteiger partial charge in [0.1, 0.15) is 5.60 Å². The Hall–Kier alpha value is -0.770. The quantitative estimate of drug-likeness (QED) is 0.721. The standard InChI is InChI=1S/C14H26N2O2/c1-14(2,3)18-13(17)16-10-4-5-11-6-8-15-9-7-12(11)16/h11-12,15H,4-10H2,1-3H3. The number of ether oxygens (including phenoxy) is 1. The highest BCUT2D eigenvalue weighted by Crippen LogP contribution is 2.30. The van der Waals surface area contributed by atoms with Crippen molar-refractivity contribution in [3.05, 3.63) is 0 Å². The third kappa shape index (κ3) is 3.37. The lowest BCUT2D eigenvalue weighted by Gasteiger charge is -2.40. The smallest absolute Gasteiger partial charge is 0.410 e. The molecular weight excluding hydrogens is 228 g/mol. The number of nitrogens with one attached hydrogen (secondary N) is 1. The van der Waals surface area contributed by atoms with E-state index < -0.39 is 5.60 Å². The number of nitrogens with zero attached hydrogens (tertiary/aromatic N) is 1. The summed E-state index contributed by atoms with van der Waals surface area (Å²) in [4.78, 5) is 14.2. The number of hydrogen-bond donors (Lipinski definition) is 1. The van der Waals surface area contributed by atoms with E-state index in [9.17, 15) is 4.79 Å². The fourth-order valence-electron chi connectivity index (χ4n) is 3.07. The largest absolute Gasteiger partial charge is 0.444 e. The van der Waals surface area contributed by atoms with Gasteiger partial charge in [-0.15, -0.1) is 0 Å². The minimum Gasteiger partial charge on any atom is -0.444 e. The van der Waals surface area contributed by atoms with Gasteiger partial charge in [-0.1, -0.05) is 0 Å². The molecule has 0 radical (unpaired) electrons. The second kappa shape index (κ2) is 5.47. The van der Waals surface area contributed by atoms with Gasteiger partial charge in [0.25, 0.3) is 0 Å². The lowest BCUT2D eigenvalue weighted by molar-refractivity contribution is -0.000432. The van der Waals surface area contributed by atoms with E-state index in [1.54, 1.807) is 0 Å². The van der Waals surface area contributed by atoms with Crippen molar-refractivity contribution in [2.45, 2.75) is 58.1 Å². The SMILES string of the molecule is CC(C)(C)OC(=O)N1CCCC2CCNCCC21. The molecule has 2 aliphatic rings. The van der Waals surface area contributed by atoms with Crippen molar-refractivity contribution >= 4 is 6.09 Å². The highest BCUT2D eigenvalue weighted by atomic mass is 16.6.